The molecular weight excluding hydrogens is 178 g/mol. The molecule has 1 rings (SSSR count). The summed E-state index contributed by atoms with van der Waals surface area (Å²) in [5, 5.41) is 8.54. The van der Waals surface area contributed by atoms with Crippen molar-refractivity contribution in [3.8, 4) is 0 Å². The van der Waals surface area contributed by atoms with Crippen molar-refractivity contribution in [2.75, 3.05) is 6.54 Å². The second kappa shape index (κ2) is 5.03. The van der Waals surface area contributed by atoms with Gasteiger partial charge in [-0.05, 0) is 25.7 Å². The minimum Gasteiger partial charge on any atom is -0.478 e. The first kappa shape index (κ1) is 11.1. The Morgan fingerprint density at radius 1 is 1.57 bits per heavy atom. The van der Waals surface area contributed by atoms with E-state index in [1.54, 1.807) is 6.20 Å². The fourth-order valence-electron chi connectivity index (χ4n) is 1.91. The highest BCUT2D eigenvalue weighted by Gasteiger charge is 2.21. The summed E-state index contributed by atoms with van der Waals surface area (Å²) in [6, 6.07) is 0.480. The molecule has 0 spiro atoms. The van der Waals surface area contributed by atoms with Gasteiger partial charge in [-0.2, -0.15) is 0 Å². The van der Waals surface area contributed by atoms with E-state index in [0.29, 0.717) is 6.04 Å². The SMILES string of the molecule is CC[C@@H]1CC[C@@H](C)N(/C=C/C(=O)O)C1. The van der Waals surface area contributed by atoms with Crippen LogP contribution in [0.2, 0.25) is 0 Å². The van der Waals surface area contributed by atoms with Crippen LogP contribution < -0.4 is 0 Å². The molecule has 0 amide bonds. The standard InChI is InChI=1S/C11H19NO2/c1-3-10-5-4-9(2)12(8-10)7-6-11(13)14/h6-7,9-10H,3-5,8H2,1-2H3,(H,13,14)/b7-6+/t9-,10-/m1/s1. The zero-order valence-electron chi connectivity index (χ0n) is 8.94. The molecule has 1 N–H and O–H groups in total. The minimum absolute atomic E-state index is 0.480. The molecule has 1 saturated heterocycles. The van der Waals surface area contributed by atoms with Gasteiger partial charge >= 0.3 is 5.97 Å². The molecule has 1 aliphatic heterocycles. The van der Waals surface area contributed by atoms with E-state index in [1.807, 2.05) is 0 Å². The van der Waals surface area contributed by atoms with Gasteiger partial charge in [-0.15, -0.1) is 0 Å². The van der Waals surface area contributed by atoms with Crippen molar-refractivity contribution in [2.45, 2.75) is 39.2 Å². The molecule has 1 fully saturated rings. The zero-order chi connectivity index (χ0) is 10.6. The van der Waals surface area contributed by atoms with Crippen LogP contribution in [0.15, 0.2) is 12.3 Å². The molecule has 2 atom stereocenters. The second-order valence-corrected chi connectivity index (χ2v) is 4.05. The fourth-order valence-corrected chi connectivity index (χ4v) is 1.91. The smallest absolute Gasteiger partial charge is 0.329 e. The third-order valence-electron chi connectivity index (χ3n) is 3.01. The van der Waals surface area contributed by atoms with E-state index in [9.17, 15) is 4.79 Å². The Morgan fingerprint density at radius 3 is 2.86 bits per heavy atom. The Hall–Kier alpha value is -0.990. The quantitative estimate of drug-likeness (QED) is 0.704. The predicted octanol–water partition coefficient (Wildman–Crippen LogP) is 2.10. The number of nitrogens with zero attached hydrogens (tertiary/aromatic N) is 1. The van der Waals surface area contributed by atoms with Crippen LogP contribution in [0.25, 0.3) is 0 Å². The highest BCUT2D eigenvalue weighted by Crippen LogP contribution is 2.23. The number of likely N-dealkylation sites (tertiary alicyclic amines) is 1. The molecule has 0 aromatic heterocycles. The van der Waals surface area contributed by atoms with Gasteiger partial charge in [0, 0.05) is 24.9 Å². The molecule has 14 heavy (non-hydrogen) atoms. The van der Waals surface area contributed by atoms with Crippen molar-refractivity contribution < 1.29 is 9.90 Å². The molecule has 80 valence electrons. The van der Waals surface area contributed by atoms with Gasteiger partial charge in [-0.25, -0.2) is 4.79 Å². The van der Waals surface area contributed by atoms with Gasteiger partial charge < -0.3 is 10.0 Å². The van der Waals surface area contributed by atoms with E-state index in [4.69, 9.17) is 5.11 Å². The molecule has 0 aromatic carbocycles. The molecule has 0 aromatic rings. The first-order chi connectivity index (χ1) is 6.63. The van der Waals surface area contributed by atoms with Crippen molar-refractivity contribution in [2.24, 2.45) is 5.92 Å². The number of hydrogen-bond donors (Lipinski definition) is 1. The van der Waals surface area contributed by atoms with E-state index < -0.39 is 5.97 Å². The molecule has 0 aliphatic carbocycles. The Bertz CT molecular complexity index is 225. The molecular formula is C11H19NO2. The van der Waals surface area contributed by atoms with Crippen LogP contribution in [0.1, 0.15) is 33.1 Å². The van der Waals surface area contributed by atoms with Gasteiger partial charge in [0.15, 0.2) is 0 Å². The van der Waals surface area contributed by atoms with Crippen molar-refractivity contribution >= 4 is 5.97 Å². The van der Waals surface area contributed by atoms with Gasteiger partial charge in [-0.1, -0.05) is 13.3 Å². The van der Waals surface area contributed by atoms with Crippen molar-refractivity contribution in [3.05, 3.63) is 12.3 Å². The Kier molecular flexibility index (Phi) is 3.98. The predicted molar refractivity (Wildman–Crippen MR) is 56.0 cm³/mol. The van der Waals surface area contributed by atoms with E-state index in [-0.39, 0.29) is 0 Å². The summed E-state index contributed by atoms with van der Waals surface area (Å²) in [4.78, 5) is 12.5. The maximum absolute atomic E-state index is 10.4. The van der Waals surface area contributed by atoms with E-state index >= 15 is 0 Å². The summed E-state index contributed by atoms with van der Waals surface area (Å²) in [7, 11) is 0. The highest BCUT2D eigenvalue weighted by molar-refractivity contribution is 5.79. The average Bonchev–Trinajstić information content (AvgIpc) is 2.16. The largest absolute Gasteiger partial charge is 0.478 e. The first-order valence-corrected chi connectivity index (χ1v) is 5.30. The molecule has 0 unspecified atom stereocenters. The van der Waals surface area contributed by atoms with Crippen LogP contribution in [0.5, 0.6) is 0 Å². The first-order valence-electron chi connectivity index (χ1n) is 5.30. The van der Waals surface area contributed by atoms with Crippen LogP contribution in [0.3, 0.4) is 0 Å². The second-order valence-electron chi connectivity index (χ2n) is 4.05. The Balaban J connectivity index is 2.52. The topological polar surface area (TPSA) is 40.5 Å². The van der Waals surface area contributed by atoms with E-state index in [1.165, 1.54) is 25.3 Å². The molecule has 0 bridgehead atoms. The van der Waals surface area contributed by atoms with Gasteiger partial charge in [0.25, 0.3) is 0 Å². The maximum atomic E-state index is 10.4. The zero-order valence-corrected chi connectivity index (χ0v) is 8.94. The maximum Gasteiger partial charge on any atom is 0.329 e. The molecule has 1 heterocycles. The molecule has 1 aliphatic rings. The summed E-state index contributed by atoms with van der Waals surface area (Å²) in [5.74, 6) is -0.138. The molecule has 0 radical (unpaired) electrons. The van der Waals surface area contributed by atoms with Crippen LogP contribution in [0, 0.1) is 5.92 Å². The Morgan fingerprint density at radius 2 is 2.29 bits per heavy atom. The van der Waals surface area contributed by atoms with Crippen molar-refractivity contribution in [1.29, 1.82) is 0 Å². The average molecular weight is 197 g/mol. The van der Waals surface area contributed by atoms with E-state index in [2.05, 4.69) is 18.7 Å². The molecule has 3 nitrogen and oxygen atoms in total. The third-order valence-corrected chi connectivity index (χ3v) is 3.01. The normalized spacial score (nSPS) is 28.3. The number of hydrogen-bond acceptors (Lipinski definition) is 2. The van der Waals surface area contributed by atoms with E-state index in [0.717, 1.165) is 12.5 Å². The van der Waals surface area contributed by atoms with Crippen LogP contribution in [-0.4, -0.2) is 28.6 Å². The van der Waals surface area contributed by atoms with Gasteiger partial charge in [0.1, 0.15) is 0 Å². The number of carbonyl (C=O) groups is 1. The lowest BCUT2D eigenvalue weighted by atomic mass is 9.92. The summed E-state index contributed by atoms with van der Waals surface area (Å²) >= 11 is 0. The number of piperidine rings is 1. The van der Waals surface area contributed by atoms with Gasteiger partial charge in [0.05, 0.1) is 0 Å². The Labute approximate surface area is 85.4 Å². The lowest BCUT2D eigenvalue weighted by Crippen LogP contribution is -2.37. The molecule has 3 heteroatoms. The summed E-state index contributed by atoms with van der Waals surface area (Å²) in [5.41, 5.74) is 0. The number of carboxylic acids is 1. The highest BCUT2D eigenvalue weighted by atomic mass is 16.4. The number of rotatable bonds is 3. The van der Waals surface area contributed by atoms with Gasteiger partial charge in [-0.3, -0.25) is 0 Å². The molecule has 0 saturated carbocycles. The monoisotopic (exact) mass is 197 g/mol. The fraction of sp³-hybridized carbons (Fsp3) is 0.727. The van der Waals surface area contributed by atoms with Crippen molar-refractivity contribution in [3.63, 3.8) is 0 Å². The van der Waals surface area contributed by atoms with Gasteiger partial charge in [0.2, 0.25) is 0 Å². The summed E-state index contributed by atoms with van der Waals surface area (Å²) in [6.07, 6.45) is 6.57. The number of aliphatic carboxylic acids is 1. The lowest BCUT2D eigenvalue weighted by molar-refractivity contribution is -0.131. The van der Waals surface area contributed by atoms with Crippen LogP contribution in [-0.2, 0) is 4.79 Å². The number of carboxylic acid groups (broad SMARTS) is 1. The van der Waals surface area contributed by atoms with Crippen molar-refractivity contribution in [1.82, 2.24) is 4.90 Å². The summed E-state index contributed by atoms with van der Waals surface area (Å²) < 4.78 is 0. The van der Waals surface area contributed by atoms with Crippen LogP contribution in [0.4, 0.5) is 0 Å². The lowest BCUT2D eigenvalue weighted by Gasteiger charge is -2.37. The summed E-state index contributed by atoms with van der Waals surface area (Å²) in [6.45, 7) is 5.35. The minimum atomic E-state index is -0.865. The third kappa shape index (κ3) is 3.05. The van der Waals surface area contributed by atoms with Crippen LogP contribution >= 0.6 is 0 Å².